The fraction of sp³-hybridized carbons (Fsp3) is 0.286. The van der Waals surface area contributed by atoms with Crippen LogP contribution in [0.1, 0.15) is 36.0 Å². The zero-order chi connectivity index (χ0) is 21.8. The van der Waals surface area contributed by atoms with E-state index in [9.17, 15) is 19.2 Å². The lowest BCUT2D eigenvalue weighted by atomic mass is 10.0. The minimum absolute atomic E-state index is 0.235. The van der Waals surface area contributed by atoms with Crippen molar-refractivity contribution in [1.29, 1.82) is 5.26 Å². The van der Waals surface area contributed by atoms with Crippen molar-refractivity contribution in [3.8, 4) is 17.2 Å². The Balaban J connectivity index is 2.47. The van der Waals surface area contributed by atoms with Crippen LogP contribution in [0.25, 0.3) is 11.1 Å². The van der Waals surface area contributed by atoms with E-state index in [2.05, 4.69) is 5.32 Å². The molecule has 29 heavy (non-hydrogen) atoms. The van der Waals surface area contributed by atoms with Crippen molar-refractivity contribution in [2.45, 2.75) is 33.3 Å². The molecule has 2 aromatic rings. The average Bonchev–Trinajstić information content (AvgIpc) is 2.97. The van der Waals surface area contributed by atoms with Crippen LogP contribution in [0.5, 0.6) is 0 Å². The van der Waals surface area contributed by atoms with Gasteiger partial charge in [-0.05, 0) is 45.4 Å². The van der Waals surface area contributed by atoms with Crippen LogP contribution in [0, 0.1) is 24.1 Å². The zero-order valence-electron chi connectivity index (χ0n) is 16.8. The summed E-state index contributed by atoms with van der Waals surface area (Å²) in [5, 5.41) is 12.5. The van der Waals surface area contributed by atoms with Crippen LogP contribution in [0.4, 0.5) is 9.39 Å². The van der Waals surface area contributed by atoms with Crippen LogP contribution in [-0.2, 0) is 14.3 Å². The maximum absolute atomic E-state index is 13.3. The Hall–Kier alpha value is -3.18. The average molecular weight is 416 g/mol. The molecule has 0 atom stereocenters. The van der Waals surface area contributed by atoms with Gasteiger partial charge in [-0.2, -0.15) is 5.26 Å². The van der Waals surface area contributed by atoms with E-state index in [4.69, 9.17) is 9.47 Å². The Morgan fingerprint density at radius 1 is 1.24 bits per heavy atom. The second-order valence-electron chi connectivity index (χ2n) is 7.05. The standard InChI is InChI=1S/C21H21FN2O4S/c1-12-16(13-6-8-15(22)9-7-13)17(20(26)27-5)18(29-12)24-11-14(10-23)19(25)28-21(2,3)4/h6-9,11,24H,1-5H3. The number of nitrogens with one attached hydrogen (secondary N) is 1. The summed E-state index contributed by atoms with van der Waals surface area (Å²) in [5.74, 6) is -1.77. The Kier molecular flexibility index (Phi) is 6.77. The molecule has 0 unspecified atom stereocenters. The summed E-state index contributed by atoms with van der Waals surface area (Å²) >= 11 is 1.25. The van der Waals surface area contributed by atoms with Crippen molar-refractivity contribution < 1.29 is 23.5 Å². The van der Waals surface area contributed by atoms with E-state index in [0.717, 1.165) is 4.88 Å². The molecule has 8 heteroatoms. The third-order valence-corrected chi connectivity index (χ3v) is 4.73. The van der Waals surface area contributed by atoms with Crippen LogP contribution in [0.15, 0.2) is 36.0 Å². The van der Waals surface area contributed by atoms with Gasteiger partial charge in [-0.15, -0.1) is 11.3 Å². The highest BCUT2D eigenvalue weighted by Crippen LogP contribution is 2.40. The first-order valence-electron chi connectivity index (χ1n) is 8.65. The van der Waals surface area contributed by atoms with E-state index in [1.165, 1.54) is 36.8 Å². The maximum Gasteiger partial charge on any atom is 0.350 e. The molecule has 0 aliphatic rings. The minimum Gasteiger partial charge on any atom is -0.465 e. The van der Waals surface area contributed by atoms with Gasteiger partial charge in [-0.1, -0.05) is 12.1 Å². The fourth-order valence-electron chi connectivity index (χ4n) is 2.51. The molecule has 0 aliphatic carbocycles. The van der Waals surface area contributed by atoms with Crippen LogP contribution in [0.3, 0.4) is 0 Å². The lowest BCUT2D eigenvalue weighted by Crippen LogP contribution is -2.24. The second-order valence-corrected chi connectivity index (χ2v) is 8.28. The summed E-state index contributed by atoms with van der Waals surface area (Å²) in [6.45, 7) is 6.89. The second kappa shape index (κ2) is 8.88. The van der Waals surface area contributed by atoms with Gasteiger partial charge in [0.1, 0.15) is 28.1 Å². The molecule has 0 spiro atoms. The molecule has 0 aliphatic heterocycles. The van der Waals surface area contributed by atoms with E-state index in [1.807, 2.05) is 6.92 Å². The van der Waals surface area contributed by atoms with E-state index in [-0.39, 0.29) is 11.1 Å². The van der Waals surface area contributed by atoms with Gasteiger partial charge in [0.25, 0.3) is 0 Å². The van der Waals surface area contributed by atoms with Crippen molar-refractivity contribution in [1.82, 2.24) is 0 Å². The number of hydrogen-bond donors (Lipinski definition) is 1. The van der Waals surface area contributed by atoms with Crippen molar-refractivity contribution in [2.24, 2.45) is 0 Å². The van der Waals surface area contributed by atoms with Crippen LogP contribution >= 0.6 is 11.3 Å². The van der Waals surface area contributed by atoms with Gasteiger partial charge >= 0.3 is 11.9 Å². The van der Waals surface area contributed by atoms with Crippen LogP contribution < -0.4 is 5.32 Å². The third-order valence-electron chi connectivity index (χ3n) is 3.69. The molecule has 0 bridgehead atoms. The van der Waals surface area contributed by atoms with Gasteiger partial charge in [0.05, 0.1) is 7.11 Å². The highest BCUT2D eigenvalue weighted by molar-refractivity contribution is 7.17. The number of halogens is 1. The van der Waals surface area contributed by atoms with Crippen LogP contribution in [0.2, 0.25) is 0 Å². The molecule has 0 saturated heterocycles. The van der Waals surface area contributed by atoms with E-state index in [0.29, 0.717) is 16.1 Å². The summed E-state index contributed by atoms with van der Waals surface area (Å²) in [4.78, 5) is 25.4. The van der Waals surface area contributed by atoms with E-state index in [1.54, 1.807) is 39.0 Å². The molecule has 1 N–H and O–H groups in total. The molecule has 0 amide bonds. The number of thiophene rings is 1. The number of benzene rings is 1. The van der Waals surface area contributed by atoms with Gasteiger partial charge < -0.3 is 14.8 Å². The number of nitriles is 1. The summed E-state index contributed by atoms with van der Waals surface area (Å²) in [7, 11) is 1.25. The number of methoxy groups -OCH3 is 1. The summed E-state index contributed by atoms with van der Waals surface area (Å²) in [5.41, 5.74) is 0.475. The molecule has 1 aromatic heterocycles. The molecule has 152 valence electrons. The molecule has 6 nitrogen and oxygen atoms in total. The molecule has 0 radical (unpaired) electrons. The monoisotopic (exact) mass is 416 g/mol. The molecular weight excluding hydrogens is 395 g/mol. The SMILES string of the molecule is COC(=O)c1c(NC=C(C#N)C(=O)OC(C)(C)C)sc(C)c1-c1ccc(F)cc1. The van der Waals surface area contributed by atoms with Crippen LogP contribution in [-0.4, -0.2) is 24.6 Å². The van der Waals surface area contributed by atoms with Crippen molar-refractivity contribution in [2.75, 3.05) is 12.4 Å². The number of aryl methyl sites for hydroxylation is 1. The number of anilines is 1. The highest BCUT2D eigenvalue weighted by Gasteiger charge is 2.25. The number of rotatable bonds is 5. The van der Waals surface area contributed by atoms with Crippen molar-refractivity contribution in [3.63, 3.8) is 0 Å². The predicted molar refractivity (Wildman–Crippen MR) is 109 cm³/mol. The van der Waals surface area contributed by atoms with Gasteiger partial charge in [0.2, 0.25) is 0 Å². The smallest absolute Gasteiger partial charge is 0.350 e. The Bertz CT molecular complexity index is 995. The fourth-order valence-corrected chi connectivity index (χ4v) is 3.55. The molecule has 0 saturated carbocycles. The van der Waals surface area contributed by atoms with Gasteiger partial charge in [0, 0.05) is 16.6 Å². The van der Waals surface area contributed by atoms with Gasteiger partial charge in [0.15, 0.2) is 5.57 Å². The topological polar surface area (TPSA) is 88.4 Å². The lowest BCUT2D eigenvalue weighted by molar-refractivity contribution is -0.149. The number of ether oxygens (including phenoxy) is 2. The molecule has 2 rings (SSSR count). The zero-order valence-corrected chi connectivity index (χ0v) is 17.6. The van der Waals surface area contributed by atoms with Gasteiger partial charge in [-0.3, -0.25) is 0 Å². The third kappa shape index (κ3) is 5.42. The molecule has 0 fully saturated rings. The molecule has 1 heterocycles. The number of esters is 2. The lowest BCUT2D eigenvalue weighted by Gasteiger charge is -2.18. The van der Waals surface area contributed by atoms with Crippen molar-refractivity contribution >= 4 is 28.3 Å². The first kappa shape index (κ1) is 22.1. The maximum atomic E-state index is 13.3. The first-order chi connectivity index (χ1) is 13.6. The predicted octanol–water partition coefficient (Wildman–Crippen LogP) is 4.81. The minimum atomic E-state index is -0.779. The number of hydrogen-bond acceptors (Lipinski definition) is 7. The summed E-state index contributed by atoms with van der Waals surface area (Å²) in [6.07, 6.45) is 1.19. The van der Waals surface area contributed by atoms with E-state index >= 15 is 0 Å². The Morgan fingerprint density at radius 2 is 1.86 bits per heavy atom. The first-order valence-corrected chi connectivity index (χ1v) is 9.46. The highest BCUT2D eigenvalue weighted by atomic mass is 32.1. The molecular formula is C21H21FN2O4S. The summed E-state index contributed by atoms with van der Waals surface area (Å²) in [6, 6.07) is 7.53. The van der Waals surface area contributed by atoms with E-state index < -0.39 is 23.4 Å². The quantitative estimate of drug-likeness (QED) is 0.427. The number of nitrogens with zero attached hydrogens (tertiary/aromatic N) is 1. The number of carbonyl (C=O) groups excluding carboxylic acids is 2. The largest absolute Gasteiger partial charge is 0.465 e. The Labute approximate surface area is 172 Å². The molecule has 1 aromatic carbocycles. The van der Waals surface area contributed by atoms with Crippen molar-refractivity contribution in [3.05, 3.63) is 52.3 Å². The normalized spacial score (nSPS) is 11.6. The van der Waals surface area contributed by atoms with Gasteiger partial charge in [-0.25, -0.2) is 14.0 Å². The Morgan fingerprint density at radius 3 is 2.38 bits per heavy atom. The summed E-state index contributed by atoms with van der Waals surface area (Å²) < 4.78 is 23.4. The number of carbonyl (C=O) groups is 2.